The number of hydrogen-bond donors (Lipinski definition) is 1. The summed E-state index contributed by atoms with van der Waals surface area (Å²) in [6.45, 7) is 7.66. The van der Waals surface area contributed by atoms with Crippen molar-refractivity contribution in [3.8, 4) is 0 Å². The van der Waals surface area contributed by atoms with E-state index < -0.39 is 0 Å². The van der Waals surface area contributed by atoms with Gasteiger partial charge in [0.1, 0.15) is 0 Å². The SMILES string of the molecule is CCNC(=NCC(C)Cn1cccn1)N(C)Cc1cccn1C.I. The quantitative estimate of drug-likeness (QED) is 0.406. The number of aromatic nitrogens is 3. The molecular weight excluding hydrogens is 415 g/mol. The van der Waals surface area contributed by atoms with Crippen molar-refractivity contribution in [1.82, 2.24) is 24.6 Å². The van der Waals surface area contributed by atoms with Crippen LogP contribution in [-0.2, 0) is 20.1 Å². The van der Waals surface area contributed by atoms with Crippen LogP contribution in [0.25, 0.3) is 0 Å². The Labute approximate surface area is 162 Å². The highest BCUT2D eigenvalue weighted by Crippen LogP contribution is 2.05. The Morgan fingerprint density at radius 3 is 2.75 bits per heavy atom. The summed E-state index contributed by atoms with van der Waals surface area (Å²) in [6, 6.07) is 6.16. The van der Waals surface area contributed by atoms with Gasteiger partial charge in [0.15, 0.2) is 5.96 Å². The predicted octanol–water partition coefficient (Wildman–Crippen LogP) is 2.57. The Balaban J connectivity index is 0.00000288. The van der Waals surface area contributed by atoms with Gasteiger partial charge in [0.25, 0.3) is 0 Å². The first-order valence-electron chi connectivity index (χ1n) is 8.17. The third kappa shape index (κ3) is 6.18. The minimum Gasteiger partial charge on any atom is -0.357 e. The van der Waals surface area contributed by atoms with Gasteiger partial charge < -0.3 is 14.8 Å². The number of aryl methyl sites for hydroxylation is 1. The molecule has 0 aromatic carbocycles. The summed E-state index contributed by atoms with van der Waals surface area (Å²) in [5.41, 5.74) is 1.27. The van der Waals surface area contributed by atoms with E-state index in [1.54, 1.807) is 0 Å². The van der Waals surface area contributed by atoms with Crippen LogP contribution in [0.5, 0.6) is 0 Å². The molecule has 2 rings (SSSR count). The zero-order valence-corrected chi connectivity index (χ0v) is 17.3. The van der Waals surface area contributed by atoms with Crippen LogP contribution in [0.4, 0.5) is 0 Å². The zero-order valence-electron chi connectivity index (χ0n) is 15.0. The lowest BCUT2D eigenvalue weighted by molar-refractivity contribution is 0.439. The number of guanidine groups is 1. The van der Waals surface area contributed by atoms with Gasteiger partial charge >= 0.3 is 0 Å². The van der Waals surface area contributed by atoms with Crippen LogP contribution in [-0.4, -0.2) is 45.3 Å². The van der Waals surface area contributed by atoms with E-state index >= 15 is 0 Å². The molecule has 0 bridgehead atoms. The lowest BCUT2D eigenvalue weighted by Crippen LogP contribution is -2.39. The Morgan fingerprint density at radius 2 is 2.17 bits per heavy atom. The van der Waals surface area contributed by atoms with E-state index in [1.807, 2.05) is 23.1 Å². The summed E-state index contributed by atoms with van der Waals surface area (Å²) in [5, 5.41) is 7.63. The summed E-state index contributed by atoms with van der Waals surface area (Å²) in [4.78, 5) is 6.95. The molecule has 0 aliphatic carbocycles. The van der Waals surface area contributed by atoms with Crippen molar-refractivity contribution in [3.63, 3.8) is 0 Å². The van der Waals surface area contributed by atoms with Crippen molar-refractivity contribution >= 4 is 29.9 Å². The second-order valence-corrected chi connectivity index (χ2v) is 5.99. The van der Waals surface area contributed by atoms with Crippen LogP contribution in [0.2, 0.25) is 0 Å². The molecule has 7 heteroatoms. The van der Waals surface area contributed by atoms with Crippen molar-refractivity contribution < 1.29 is 0 Å². The lowest BCUT2D eigenvalue weighted by Gasteiger charge is -2.23. The summed E-state index contributed by atoms with van der Waals surface area (Å²) >= 11 is 0. The second kappa shape index (κ2) is 10.4. The molecule has 0 spiro atoms. The van der Waals surface area contributed by atoms with Crippen LogP contribution in [0.3, 0.4) is 0 Å². The molecule has 1 N–H and O–H groups in total. The fraction of sp³-hybridized carbons (Fsp3) is 0.529. The number of hydrogen-bond acceptors (Lipinski definition) is 2. The van der Waals surface area contributed by atoms with Crippen molar-refractivity contribution in [2.75, 3.05) is 20.1 Å². The monoisotopic (exact) mass is 444 g/mol. The van der Waals surface area contributed by atoms with E-state index in [-0.39, 0.29) is 24.0 Å². The third-order valence-corrected chi connectivity index (χ3v) is 3.76. The molecule has 0 aliphatic rings. The van der Waals surface area contributed by atoms with E-state index in [2.05, 4.69) is 66.2 Å². The Morgan fingerprint density at radius 1 is 1.38 bits per heavy atom. The number of nitrogens with one attached hydrogen (secondary N) is 1. The van der Waals surface area contributed by atoms with Gasteiger partial charge in [-0.1, -0.05) is 6.92 Å². The van der Waals surface area contributed by atoms with E-state index in [0.717, 1.165) is 32.1 Å². The lowest BCUT2D eigenvalue weighted by atomic mass is 10.2. The molecule has 0 amide bonds. The maximum absolute atomic E-state index is 4.79. The minimum atomic E-state index is 0. The Kier molecular flexibility index (Phi) is 8.88. The maximum Gasteiger partial charge on any atom is 0.194 e. The zero-order chi connectivity index (χ0) is 16.7. The minimum absolute atomic E-state index is 0. The predicted molar refractivity (Wildman–Crippen MR) is 110 cm³/mol. The topological polar surface area (TPSA) is 50.4 Å². The fourth-order valence-electron chi connectivity index (χ4n) is 2.48. The Hall–Kier alpha value is -1.51. The van der Waals surface area contributed by atoms with Gasteiger partial charge in [0.2, 0.25) is 0 Å². The smallest absolute Gasteiger partial charge is 0.194 e. The summed E-state index contributed by atoms with van der Waals surface area (Å²) in [7, 11) is 4.14. The van der Waals surface area contributed by atoms with Crippen LogP contribution in [0.15, 0.2) is 41.8 Å². The van der Waals surface area contributed by atoms with Gasteiger partial charge in [0, 0.05) is 58.0 Å². The molecule has 0 fully saturated rings. The van der Waals surface area contributed by atoms with Crippen LogP contribution in [0, 0.1) is 5.92 Å². The molecular formula is C17H29IN6. The molecule has 2 aromatic heterocycles. The number of aliphatic imine (C=N–C) groups is 1. The summed E-state index contributed by atoms with van der Waals surface area (Å²) in [6.07, 6.45) is 5.88. The van der Waals surface area contributed by atoms with Crippen molar-refractivity contribution in [2.24, 2.45) is 18.0 Å². The molecule has 0 saturated heterocycles. The van der Waals surface area contributed by atoms with E-state index in [1.165, 1.54) is 5.69 Å². The first-order valence-corrected chi connectivity index (χ1v) is 8.17. The van der Waals surface area contributed by atoms with Gasteiger partial charge in [-0.25, -0.2) is 0 Å². The molecule has 24 heavy (non-hydrogen) atoms. The molecule has 2 heterocycles. The largest absolute Gasteiger partial charge is 0.357 e. The highest BCUT2D eigenvalue weighted by atomic mass is 127. The van der Waals surface area contributed by atoms with E-state index in [0.29, 0.717) is 5.92 Å². The van der Waals surface area contributed by atoms with Gasteiger partial charge in [-0.15, -0.1) is 24.0 Å². The normalized spacial score (nSPS) is 12.6. The van der Waals surface area contributed by atoms with Crippen molar-refractivity contribution in [2.45, 2.75) is 26.9 Å². The third-order valence-electron chi connectivity index (χ3n) is 3.76. The molecule has 1 atom stereocenters. The first-order chi connectivity index (χ1) is 11.1. The number of nitrogens with zero attached hydrogens (tertiary/aromatic N) is 5. The second-order valence-electron chi connectivity index (χ2n) is 5.99. The highest BCUT2D eigenvalue weighted by Gasteiger charge is 2.09. The number of rotatable bonds is 7. The highest BCUT2D eigenvalue weighted by molar-refractivity contribution is 14.0. The molecule has 2 aromatic rings. The van der Waals surface area contributed by atoms with E-state index in [4.69, 9.17) is 4.99 Å². The van der Waals surface area contributed by atoms with Crippen LogP contribution in [0.1, 0.15) is 19.5 Å². The first kappa shape index (κ1) is 20.5. The van der Waals surface area contributed by atoms with Gasteiger partial charge in [-0.2, -0.15) is 5.10 Å². The maximum atomic E-state index is 4.79. The van der Waals surface area contributed by atoms with Crippen LogP contribution >= 0.6 is 24.0 Å². The summed E-state index contributed by atoms with van der Waals surface area (Å²) < 4.78 is 4.10. The van der Waals surface area contributed by atoms with Gasteiger partial charge in [0.05, 0.1) is 6.54 Å². The summed E-state index contributed by atoms with van der Waals surface area (Å²) in [5.74, 6) is 1.38. The average molecular weight is 444 g/mol. The molecule has 134 valence electrons. The van der Waals surface area contributed by atoms with Gasteiger partial charge in [-0.05, 0) is 31.0 Å². The standard InChI is InChI=1S/C17H28N6.HI/c1-5-18-17(22(4)14-16-8-6-10-21(16)3)19-12-15(2)13-23-11-7-9-20-23;/h6-11,15H,5,12-14H2,1-4H3,(H,18,19);1H. The van der Waals surface area contributed by atoms with Crippen LogP contribution < -0.4 is 5.32 Å². The number of halogens is 1. The van der Waals surface area contributed by atoms with Gasteiger partial charge in [-0.3, -0.25) is 9.67 Å². The van der Waals surface area contributed by atoms with Crippen molar-refractivity contribution in [1.29, 1.82) is 0 Å². The molecule has 0 aliphatic heterocycles. The fourth-order valence-corrected chi connectivity index (χ4v) is 2.48. The Bertz CT molecular complexity index is 604. The molecule has 0 saturated carbocycles. The van der Waals surface area contributed by atoms with E-state index in [9.17, 15) is 0 Å². The van der Waals surface area contributed by atoms with Crippen molar-refractivity contribution in [3.05, 3.63) is 42.5 Å². The average Bonchev–Trinajstić information content (AvgIpc) is 3.16. The molecule has 1 unspecified atom stereocenters. The molecule has 6 nitrogen and oxygen atoms in total. The molecule has 0 radical (unpaired) electrons.